The van der Waals surface area contributed by atoms with Gasteiger partial charge in [-0.15, -0.1) is 0 Å². The number of nitrogens with one attached hydrogen (secondary N) is 1. The third kappa shape index (κ3) is 3.85. The number of carbonyl (C=O) groups is 2. The number of carboxylic acid groups (broad SMARTS) is 1. The van der Waals surface area contributed by atoms with Crippen LogP contribution in [-0.4, -0.2) is 49.3 Å². The summed E-state index contributed by atoms with van der Waals surface area (Å²) in [6.07, 6.45) is 0.486. The first kappa shape index (κ1) is 16.9. The van der Waals surface area contributed by atoms with Crippen LogP contribution in [0.3, 0.4) is 0 Å². The standard InChI is InChI=1S/C16H22N2O5/c1-10(13-8-12(22-2)4-5-14(13)23-3)17-16(21)18-7-6-11(9-18)15(19)20/h4-5,8,10-11H,6-7,9H2,1-3H3,(H,17,21)(H,19,20). The van der Waals surface area contributed by atoms with E-state index in [0.29, 0.717) is 24.5 Å². The molecule has 1 heterocycles. The summed E-state index contributed by atoms with van der Waals surface area (Å²) in [4.78, 5) is 24.8. The van der Waals surface area contributed by atoms with Gasteiger partial charge in [0, 0.05) is 18.7 Å². The molecule has 0 saturated carbocycles. The maximum atomic E-state index is 12.3. The van der Waals surface area contributed by atoms with Crippen molar-refractivity contribution in [2.45, 2.75) is 19.4 Å². The highest BCUT2D eigenvalue weighted by atomic mass is 16.5. The highest BCUT2D eigenvalue weighted by Crippen LogP contribution is 2.29. The van der Waals surface area contributed by atoms with E-state index in [1.807, 2.05) is 13.0 Å². The Balaban J connectivity index is 2.05. The first-order chi connectivity index (χ1) is 11.0. The van der Waals surface area contributed by atoms with Gasteiger partial charge in [0.1, 0.15) is 11.5 Å². The fourth-order valence-corrected chi connectivity index (χ4v) is 2.68. The lowest BCUT2D eigenvalue weighted by molar-refractivity contribution is -0.141. The minimum atomic E-state index is -0.859. The molecular formula is C16H22N2O5. The van der Waals surface area contributed by atoms with Crippen LogP contribution in [-0.2, 0) is 4.79 Å². The van der Waals surface area contributed by atoms with Gasteiger partial charge in [0.25, 0.3) is 0 Å². The monoisotopic (exact) mass is 322 g/mol. The summed E-state index contributed by atoms with van der Waals surface area (Å²) < 4.78 is 10.5. The second-order valence-corrected chi connectivity index (χ2v) is 5.55. The molecule has 1 aromatic carbocycles. The van der Waals surface area contributed by atoms with Crippen LogP contribution in [0.2, 0.25) is 0 Å². The van der Waals surface area contributed by atoms with Crippen molar-refractivity contribution in [3.05, 3.63) is 23.8 Å². The molecule has 7 nitrogen and oxygen atoms in total. The first-order valence-corrected chi connectivity index (χ1v) is 7.46. The number of carboxylic acids is 1. The molecule has 0 radical (unpaired) electrons. The first-order valence-electron chi connectivity index (χ1n) is 7.46. The summed E-state index contributed by atoms with van der Waals surface area (Å²) in [7, 11) is 3.14. The summed E-state index contributed by atoms with van der Waals surface area (Å²) in [5.41, 5.74) is 0.800. The van der Waals surface area contributed by atoms with E-state index < -0.39 is 11.9 Å². The van der Waals surface area contributed by atoms with Crippen molar-refractivity contribution < 1.29 is 24.2 Å². The minimum absolute atomic E-state index is 0.239. The van der Waals surface area contributed by atoms with Gasteiger partial charge in [0.05, 0.1) is 26.2 Å². The minimum Gasteiger partial charge on any atom is -0.497 e. The summed E-state index contributed by atoms with van der Waals surface area (Å²) in [6, 6.07) is 4.82. The number of likely N-dealkylation sites (tertiary alicyclic amines) is 1. The van der Waals surface area contributed by atoms with Gasteiger partial charge >= 0.3 is 12.0 Å². The molecule has 1 saturated heterocycles. The summed E-state index contributed by atoms with van der Waals surface area (Å²) in [5, 5.41) is 11.9. The van der Waals surface area contributed by atoms with Crippen LogP contribution < -0.4 is 14.8 Å². The largest absolute Gasteiger partial charge is 0.497 e. The van der Waals surface area contributed by atoms with Gasteiger partial charge in [0.2, 0.25) is 0 Å². The molecule has 2 atom stereocenters. The Morgan fingerprint density at radius 2 is 2.09 bits per heavy atom. The predicted molar refractivity (Wildman–Crippen MR) is 83.8 cm³/mol. The third-order valence-electron chi connectivity index (χ3n) is 4.07. The molecule has 2 rings (SSSR count). The Labute approximate surface area is 135 Å². The molecular weight excluding hydrogens is 300 g/mol. The summed E-state index contributed by atoms with van der Waals surface area (Å²) >= 11 is 0. The second kappa shape index (κ2) is 7.21. The molecule has 0 bridgehead atoms. The fraction of sp³-hybridized carbons (Fsp3) is 0.500. The Morgan fingerprint density at radius 3 is 2.65 bits per heavy atom. The van der Waals surface area contributed by atoms with Gasteiger partial charge < -0.3 is 24.8 Å². The number of benzene rings is 1. The van der Waals surface area contributed by atoms with Crippen LogP contribution in [0, 0.1) is 5.92 Å². The fourth-order valence-electron chi connectivity index (χ4n) is 2.68. The molecule has 0 aromatic heterocycles. The van der Waals surface area contributed by atoms with Gasteiger partial charge in [0.15, 0.2) is 0 Å². The zero-order valence-electron chi connectivity index (χ0n) is 13.5. The molecule has 2 amide bonds. The lowest BCUT2D eigenvalue weighted by Gasteiger charge is -2.22. The molecule has 0 aliphatic carbocycles. The average Bonchev–Trinajstić information content (AvgIpc) is 3.04. The van der Waals surface area contributed by atoms with E-state index in [1.165, 1.54) is 4.90 Å². The molecule has 126 valence electrons. The highest BCUT2D eigenvalue weighted by molar-refractivity contribution is 5.77. The lowest BCUT2D eigenvalue weighted by Crippen LogP contribution is -2.40. The van der Waals surface area contributed by atoms with E-state index in [-0.39, 0.29) is 18.6 Å². The molecule has 7 heteroatoms. The van der Waals surface area contributed by atoms with Gasteiger partial charge in [-0.05, 0) is 31.5 Å². The quantitative estimate of drug-likeness (QED) is 0.864. The molecule has 23 heavy (non-hydrogen) atoms. The number of aliphatic carboxylic acids is 1. The predicted octanol–water partition coefficient (Wildman–Crippen LogP) is 1.88. The molecule has 1 aromatic rings. The number of urea groups is 1. The molecule has 2 N–H and O–H groups in total. The van der Waals surface area contributed by atoms with Crippen LogP contribution in [0.5, 0.6) is 11.5 Å². The van der Waals surface area contributed by atoms with E-state index >= 15 is 0 Å². The van der Waals surface area contributed by atoms with Crippen LogP contribution in [0.25, 0.3) is 0 Å². The topological polar surface area (TPSA) is 88.1 Å². The van der Waals surface area contributed by atoms with E-state index in [4.69, 9.17) is 14.6 Å². The molecule has 1 fully saturated rings. The van der Waals surface area contributed by atoms with Crippen molar-refractivity contribution in [2.75, 3.05) is 27.3 Å². The van der Waals surface area contributed by atoms with Crippen LogP contribution >= 0.6 is 0 Å². The number of amides is 2. The average molecular weight is 322 g/mol. The molecule has 1 aliphatic heterocycles. The maximum absolute atomic E-state index is 12.3. The zero-order chi connectivity index (χ0) is 17.0. The Morgan fingerprint density at radius 1 is 1.35 bits per heavy atom. The van der Waals surface area contributed by atoms with Crippen molar-refractivity contribution in [1.29, 1.82) is 0 Å². The number of methoxy groups -OCH3 is 2. The highest BCUT2D eigenvalue weighted by Gasteiger charge is 2.31. The maximum Gasteiger partial charge on any atom is 0.317 e. The normalized spacial score (nSPS) is 18.4. The van der Waals surface area contributed by atoms with Gasteiger partial charge in [-0.25, -0.2) is 4.79 Å². The summed E-state index contributed by atoms with van der Waals surface area (Å²) in [6.45, 7) is 2.54. The second-order valence-electron chi connectivity index (χ2n) is 5.55. The van der Waals surface area contributed by atoms with Crippen LogP contribution in [0.1, 0.15) is 24.9 Å². The number of carbonyl (C=O) groups excluding carboxylic acids is 1. The van der Waals surface area contributed by atoms with Gasteiger partial charge in [-0.2, -0.15) is 0 Å². The number of ether oxygens (including phenoxy) is 2. The van der Waals surface area contributed by atoms with Crippen molar-refractivity contribution in [2.24, 2.45) is 5.92 Å². The van der Waals surface area contributed by atoms with Gasteiger partial charge in [-0.3, -0.25) is 4.79 Å². The van der Waals surface area contributed by atoms with Crippen molar-refractivity contribution in [3.8, 4) is 11.5 Å². The van der Waals surface area contributed by atoms with E-state index in [0.717, 1.165) is 5.56 Å². The smallest absolute Gasteiger partial charge is 0.317 e. The summed E-state index contributed by atoms with van der Waals surface area (Å²) in [5.74, 6) is -0.0114. The SMILES string of the molecule is COc1ccc(OC)c(C(C)NC(=O)N2CCC(C(=O)O)C2)c1. The number of nitrogens with zero attached hydrogens (tertiary/aromatic N) is 1. The van der Waals surface area contributed by atoms with Crippen LogP contribution in [0.15, 0.2) is 18.2 Å². The van der Waals surface area contributed by atoms with Crippen molar-refractivity contribution >= 4 is 12.0 Å². The van der Waals surface area contributed by atoms with Crippen molar-refractivity contribution in [3.63, 3.8) is 0 Å². The Hall–Kier alpha value is -2.44. The Kier molecular flexibility index (Phi) is 5.31. The number of rotatable bonds is 5. The van der Waals surface area contributed by atoms with E-state index in [1.54, 1.807) is 26.4 Å². The molecule has 1 aliphatic rings. The lowest BCUT2D eigenvalue weighted by atomic mass is 10.1. The van der Waals surface area contributed by atoms with Crippen LogP contribution in [0.4, 0.5) is 4.79 Å². The zero-order valence-corrected chi connectivity index (χ0v) is 13.5. The molecule has 0 spiro atoms. The third-order valence-corrected chi connectivity index (χ3v) is 4.07. The van der Waals surface area contributed by atoms with E-state index in [2.05, 4.69) is 5.32 Å². The van der Waals surface area contributed by atoms with Crippen molar-refractivity contribution in [1.82, 2.24) is 10.2 Å². The van der Waals surface area contributed by atoms with Gasteiger partial charge in [-0.1, -0.05) is 0 Å². The molecule has 2 unspecified atom stereocenters. The number of hydrogen-bond acceptors (Lipinski definition) is 4. The number of hydrogen-bond donors (Lipinski definition) is 2. The van der Waals surface area contributed by atoms with E-state index in [9.17, 15) is 9.59 Å². The Bertz CT molecular complexity index is 590.